The van der Waals surface area contributed by atoms with Crippen molar-refractivity contribution in [2.24, 2.45) is 35.3 Å². The van der Waals surface area contributed by atoms with Gasteiger partial charge in [-0.1, -0.05) is 54.2 Å². The molecule has 7 aromatic rings. The number of aromatic nitrogens is 4. The Bertz CT molecular complexity index is 6010. The van der Waals surface area contributed by atoms with Crippen LogP contribution >= 0.6 is 33.8 Å². The zero-order valence-corrected chi connectivity index (χ0v) is 79.8. The highest BCUT2D eigenvalue weighted by Crippen LogP contribution is 2.52. The number of benzene rings is 4. The van der Waals surface area contributed by atoms with Gasteiger partial charge in [0.15, 0.2) is 28.3 Å². The van der Waals surface area contributed by atoms with Crippen molar-refractivity contribution in [2.75, 3.05) is 52.8 Å². The molecule has 20 atom stereocenters. The van der Waals surface area contributed by atoms with Crippen LogP contribution in [0.5, 0.6) is 0 Å². The molecule has 10 heterocycles. The SMILES string of the molecule is CC(=O)SC[C@H]1C[C@@H](N2C(=O)c3ccccc3C2=O)[C@@H]2OC(C)(C)O[C@H]12.CC1(C)O[C@@H]2[C@@H](CO)C[C@@H](N3C(=O)c4ccccc4C3=O)[C@@H]2O1.CC1(C)O[C@@H]2[C@@H](CS(=O)(=O)Cl)C[C@@H](N3C(=O)c4ccccc4C3=O)[C@@H]2O1.CC1(C)O[C@@H]2[C@@H](CS(C)(=O)=O)C[C@@H](N)[C@@H]2O1.Cc1nc(NCc2c(F)cccc2F)nc(N[C@@H]2C[C@H](CS(C)(=O)=O)[C@@H](O)[C@H]2O)c1-c1nc2c(C3CC3)nccc2s1. The predicted molar refractivity (Wildman–Crippen MR) is 484 cm³/mol. The maximum atomic E-state index is 14.3. The van der Waals surface area contributed by atoms with Crippen LogP contribution in [0.1, 0.15) is 192 Å². The van der Waals surface area contributed by atoms with E-state index in [9.17, 15) is 82.9 Å². The van der Waals surface area contributed by atoms with E-state index in [1.165, 1.54) is 69.2 Å². The van der Waals surface area contributed by atoms with E-state index in [1.807, 2.05) is 33.8 Å². The lowest BCUT2D eigenvalue weighted by atomic mass is 10.1. The summed E-state index contributed by atoms with van der Waals surface area (Å²) in [5, 5.41) is 37.9. The largest absolute Gasteiger partial charge is 0.396 e. The van der Waals surface area contributed by atoms with Gasteiger partial charge < -0.3 is 69.6 Å². The lowest BCUT2D eigenvalue weighted by Crippen LogP contribution is -2.46. The van der Waals surface area contributed by atoms with E-state index in [4.69, 9.17) is 59.3 Å². The normalized spacial score (nSPS) is 30.9. The van der Waals surface area contributed by atoms with Gasteiger partial charge in [-0.15, -0.1) is 11.3 Å². The molecule has 716 valence electrons. The van der Waals surface area contributed by atoms with Gasteiger partial charge in [0.2, 0.25) is 15.0 Å². The third-order valence-electron chi connectivity index (χ3n) is 26.1. The van der Waals surface area contributed by atoms with Gasteiger partial charge in [-0.25, -0.2) is 44.0 Å². The fraction of sp³-hybridized carbons (Fsp3) is 0.549. The summed E-state index contributed by atoms with van der Waals surface area (Å²) in [6, 6.07) is 23.6. The number of aliphatic hydroxyl groups excluding tert-OH is 3. The van der Waals surface area contributed by atoms with Gasteiger partial charge in [0.25, 0.3) is 35.4 Å². The molecule has 34 nitrogen and oxygen atoms in total. The molecular weight excluding hydrogens is 1850 g/mol. The summed E-state index contributed by atoms with van der Waals surface area (Å²) in [7, 11) is -4.72. The summed E-state index contributed by atoms with van der Waals surface area (Å²) in [4.78, 5) is 111. The maximum Gasteiger partial charge on any atom is 0.261 e. The number of aliphatic hydroxyl groups is 3. The summed E-state index contributed by atoms with van der Waals surface area (Å²) < 4.78 is 146. The minimum atomic E-state index is -3.76. The fourth-order valence-electron chi connectivity index (χ4n) is 20.6. The second kappa shape index (κ2) is 37.1. The zero-order chi connectivity index (χ0) is 95.7. The first-order chi connectivity index (χ1) is 62.4. The smallest absolute Gasteiger partial charge is 0.261 e. The van der Waals surface area contributed by atoms with E-state index in [2.05, 4.69) is 25.6 Å². The molecule has 6 amide bonds. The molecule has 6 aliphatic carbocycles. The van der Waals surface area contributed by atoms with E-state index >= 15 is 0 Å². The van der Waals surface area contributed by atoms with Crippen LogP contribution in [0, 0.1) is 48.1 Å². The number of pyridine rings is 1. The van der Waals surface area contributed by atoms with Gasteiger partial charge in [0.05, 0.1) is 127 Å². The number of ether oxygens (including phenoxy) is 8. The van der Waals surface area contributed by atoms with Gasteiger partial charge in [-0.05, 0) is 168 Å². The quantitative estimate of drug-likeness (QED) is 0.0324. The molecular formula is C91H107ClF2N10O24S5. The van der Waals surface area contributed by atoms with Crippen LogP contribution in [0.2, 0.25) is 0 Å². The van der Waals surface area contributed by atoms with Crippen LogP contribution in [0.25, 0.3) is 20.8 Å². The van der Waals surface area contributed by atoms with Crippen LogP contribution in [0.4, 0.5) is 20.5 Å². The molecule has 42 heteroatoms. The van der Waals surface area contributed by atoms with Crippen molar-refractivity contribution in [1.82, 2.24) is 34.6 Å². The molecule has 0 bridgehead atoms. The molecule has 3 aromatic heterocycles. The van der Waals surface area contributed by atoms with Crippen molar-refractivity contribution in [3.05, 3.63) is 165 Å². The second-order valence-corrected chi connectivity index (χ2v) is 47.5. The molecule has 20 rings (SSSR count). The number of hydrogen-bond acceptors (Lipinski definition) is 33. The van der Waals surface area contributed by atoms with Crippen LogP contribution in [0.15, 0.2) is 103 Å². The third-order valence-corrected chi connectivity index (χ3v) is 31.5. The van der Waals surface area contributed by atoms with Crippen LogP contribution < -0.4 is 16.4 Å². The van der Waals surface area contributed by atoms with Gasteiger partial charge in [-0.2, -0.15) is 4.98 Å². The Morgan fingerprint density at radius 2 is 0.947 bits per heavy atom. The molecule has 0 unspecified atom stereocenters. The number of hydrogen-bond donors (Lipinski definition) is 6. The second-order valence-electron chi connectivity index (χ2n) is 38.0. The number of nitrogens with one attached hydrogen (secondary N) is 2. The molecule has 0 spiro atoms. The number of carbonyl (C=O) groups is 7. The predicted octanol–water partition coefficient (Wildman–Crippen LogP) is 9.10. The Kier molecular flexibility index (Phi) is 27.3. The van der Waals surface area contributed by atoms with Gasteiger partial charge in [0, 0.05) is 96.4 Å². The highest BCUT2D eigenvalue weighted by molar-refractivity contribution is 8.14. The summed E-state index contributed by atoms with van der Waals surface area (Å²) in [6.45, 7) is 17.4. The Balaban J connectivity index is 0.000000125. The number of rotatable bonds is 19. The fourth-order valence-corrected chi connectivity index (χ4v) is 26.0. The highest BCUT2D eigenvalue weighted by atomic mass is 35.7. The highest BCUT2D eigenvalue weighted by Gasteiger charge is 2.63. The van der Waals surface area contributed by atoms with E-state index in [0.717, 1.165) is 35.0 Å². The summed E-state index contributed by atoms with van der Waals surface area (Å²) in [5.41, 5.74) is 11.1. The number of thioether (sulfide) groups is 1. The van der Waals surface area contributed by atoms with E-state index in [1.54, 1.807) is 114 Å². The summed E-state index contributed by atoms with van der Waals surface area (Å²) in [5.74, 6) is -6.82. The van der Waals surface area contributed by atoms with Crippen LogP contribution in [-0.2, 0) is 78.0 Å². The lowest BCUT2D eigenvalue weighted by Gasteiger charge is -2.28. The van der Waals surface area contributed by atoms with Crippen LogP contribution in [-0.4, -0.2) is 272 Å². The number of aryl methyl sites for hydroxylation is 1. The number of halogens is 3. The molecule has 7 aliphatic heterocycles. The van der Waals surface area contributed by atoms with Crippen molar-refractivity contribution < 1.29 is 121 Å². The summed E-state index contributed by atoms with van der Waals surface area (Å²) in [6.07, 6.45) is 3.11. The molecule has 0 radical (unpaired) electrons. The molecule has 10 fully saturated rings. The zero-order valence-electron chi connectivity index (χ0n) is 74.9. The Morgan fingerprint density at radius 1 is 0.541 bits per heavy atom. The van der Waals surface area contributed by atoms with Crippen molar-refractivity contribution in [3.63, 3.8) is 0 Å². The van der Waals surface area contributed by atoms with Crippen molar-refractivity contribution in [2.45, 2.75) is 241 Å². The number of nitrogens with two attached hydrogens (primary N) is 1. The monoisotopic (exact) mass is 1960 g/mol. The van der Waals surface area contributed by atoms with Crippen molar-refractivity contribution >= 4 is 125 Å². The number of imide groups is 3. The minimum absolute atomic E-state index is 0.0447. The van der Waals surface area contributed by atoms with E-state index < -0.39 is 136 Å². The first-order valence-corrected chi connectivity index (χ1v) is 52.4. The van der Waals surface area contributed by atoms with Gasteiger partial charge in [0.1, 0.15) is 78.2 Å². The first-order valence-electron chi connectivity index (χ1n) is 44.0. The van der Waals surface area contributed by atoms with Crippen molar-refractivity contribution in [1.29, 1.82) is 0 Å². The van der Waals surface area contributed by atoms with E-state index in [-0.39, 0.29) is 150 Å². The molecule has 6 saturated carbocycles. The molecule has 13 aliphatic rings. The lowest BCUT2D eigenvalue weighted by molar-refractivity contribution is -0.162. The number of sulfone groups is 2. The first kappa shape index (κ1) is 97.6. The number of anilines is 2. The molecule has 7 N–H and O–H groups in total. The maximum absolute atomic E-state index is 14.3. The van der Waals surface area contributed by atoms with Gasteiger partial charge >= 0.3 is 0 Å². The molecule has 133 heavy (non-hydrogen) atoms. The van der Waals surface area contributed by atoms with E-state index in [0.29, 0.717) is 80.6 Å². The third kappa shape index (κ3) is 20.5. The van der Waals surface area contributed by atoms with Gasteiger partial charge in [-0.3, -0.25) is 53.2 Å². The van der Waals surface area contributed by atoms with Crippen molar-refractivity contribution in [3.8, 4) is 10.6 Å². The Morgan fingerprint density at radius 3 is 1.38 bits per heavy atom. The summed E-state index contributed by atoms with van der Waals surface area (Å²) >= 11 is 2.69. The number of carbonyl (C=O) groups excluding carboxylic acids is 7. The molecule has 4 aromatic carbocycles. The number of nitrogens with zero attached hydrogens (tertiary/aromatic N) is 7. The topological polar surface area (TPSA) is 468 Å². The minimum Gasteiger partial charge on any atom is -0.396 e. The number of thiazole rings is 1. The van der Waals surface area contributed by atoms with Crippen LogP contribution in [0.3, 0.4) is 0 Å². The average molecular weight is 1960 g/mol. The average Bonchev–Trinajstić information content (AvgIpc) is 1.58. The number of fused-ring (bicyclic) bond motifs is 8. The Hall–Kier alpha value is -8.44. The molecule has 4 saturated heterocycles. The number of amides is 6. The standard InChI is InChI=1S/C28H30F2N6O4S2.C19H21NO5S.C17H18ClNO6S.C17H19NO5.C10H19NO4S/c1-13-21(27-35-23-20(41-27)8-9-31-22(23)14-6-7-14)26(34-19-10-15(12-42(2,39)40)24(37)25(19)38)36-28(33-13)32-11-16-17(29)4-3-5-18(16)30;1-10(21)26-9-11-8-14(16-15(11)24-19(2,3)25-16)20-17(22)12-6-4-5-7-13(12)18(20)23;1-17(2)24-13-9(8-26(18,22)23)7-12(14(13)25-17)19-15(20)10-5-3-4-6-11(10)16(19)21;1-17(2)22-13-9(8-19)7-12(14(13)23-17)18-15(20)10-5-3-4-6-11(10)16(18)21;1-10(2)14-8-6(5-16(3,12)13)4-7(11)9(8)15-10/h3-5,8-9,14-15,19,24-25,37-38H,6-7,10-12H2,1-2H3,(H2,32,33,34,36);4-7,11,14-16H,8-9H2,1-3H3;3-6,9,12-14H,7-8H2,1-2H3;3-6,9,12-14,19H,7-8H2,1-2H3;6-9H,4-5,11H2,1-3H3/t15-,19-,24-,25+;11-,14-,15-,16+;2*9-,12-,13-,14+;6-,7-,8-,9+/m11111/s1. The Labute approximate surface area is 780 Å².